The first kappa shape index (κ1) is 20.0. The Balaban J connectivity index is 1.26. The smallest absolute Gasteiger partial charge is 0.0640 e. The molecule has 4 nitrogen and oxygen atoms in total. The van der Waals surface area contributed by atoms with Crippen LogP contribution in [0, 0.1) is 13.8 Å². The number of nitrogens with one attached hydrogen (secondary N) is 2. The molecule has 0 bridgehead atoms. The van der Waals surface area contributed by atoms with Crippen molar-refractivity contribution < 1.29 is 0 Å². The van der Waals surface area contributed by atoms with Gasteiger partial charge in [0.1, 0.15) is 0 Å². The van der Waals surface area contributed by atoms with E-state index in [0.29, 0.717) is 13.1 Å². The van der Waals surface area contributed by atoms with Crippen LogP contribution in [0.25, 0.3) is 21.8 Å². The molecule has 0 aliphatic heterocycles. The Morgan fingerprint density at radius 1 is 0.625 bits per heavy atom. The molecule has 3 aromatic carbocycles. The lowest BCUT2D eigenvalue weighted by molar-refractivity contribution is 1.03. The minimum atomic E-state index is 0.646. The van der Waals surface area contributed by atoms with Crippen LogP contribution in [0.2, 0.25) is 0 Å². The SMILES string of the molecule is Cc1c(C=NCc2cccc(CN=Cc3[nH]c4ccccc4c3C)c2)[nH]c2ccccc12. The van der Waals surface area contributed by atoms with Crippen molar-refractivity contribution >= 4 is 34.2 Å². The van der Waals surface area contributed by atoms with E-state index in [9.17, 15) is 0 Å². The topological polar surface area (TPSA) is 56.3 Å². The Kier molecular flexibility index (Phi) is 5.42. The van der Waals surface area contributed by atoms with E-state index in [2.05, 4.69) is 94.5 Å². The van der Waals surface area contributed by atoms with Crippen molar-refractivity contribution in [3.05, 3.63) is 106 Å². The van der Waals surface area contributed by atoms with Gasteiger partial charge in [0.25, 0.3) is 0 Å². The normalized spacial score (nSPS) is 12.1. The number of aryl methyl sites for hydroxylation is 2. The second-order valence-electron chi connectivity index (χ2n) is 8.18. The lowest BCUT2D eigenvalue weighted by Gasteiger charge is -2.01. The lowest BCUT2D eigenvalue weighted by atomic mass is 10.1. The first-order valence-corrected chi connectivity index (χ1v) is 10.9. The predicted molar refractivity (Wildman–Crippen MR) is 135 cm³/mol. The van der Waals surface area contributed by atoms with Crippen LogP contribution >= 0.6 is 0 Å². The van der Waals surface area contributed by atoms with Gasteiger partial charge in [0.15, 0.2) is 0 Å². The molecule has 158 valence electrons. The summed E-state index contributed by atoms with van der Waals surface area (Å²) in [6.45, 7) is 5.56. The molecule has 0 aliphatic rings. The molecule has 0 amide bonds. The van der Waals surface area contributed by atoms with Crippen molar-refractivity contribution in [1.29, 1.82) is 0 Å². The van der Waals surface area contributed by atoms with E-state index < -0.39 is 0 Å². The maximum Gasteiger partial charge on any atom is 0.0640 e. The summed E-state index contributed by atoms with van der Waals surface area (Å²) in [6, 6.07) is 25.2. The number of aromatic nitrogens is 2. The molecule has 0 atom stereocenters. The van der Waals surface area contributed by atoms with Gasteiger partial charge in [-0.15, -0.1) is 0 Å². The van der Waals surface area contributed by atoms with Gasteiger partial charge >= 0.3 is 0 Å². The van der Waals surface area contributed by atoms with Gasteiger partial charge in [-0.1, -0.05) is 60.7 Å². The molecule has 2 heterocycles. The number of aromatic amines is 2. The molecule has 4 heteroatoms. The summed E-state index contributed by atoms with van der Waals surface area (Å²) in [5.41, 5.74) is 9.28. The largest absolute Gasteiger partial charge is 0.354 e. The summed E-state index contributed by atoms with van der Waals surface area (Å²) in [7, 11) is 0. The van der Waals surface area contributed by atoms with Gasteiger partial charge in [-0.2, -0.15) is 0 Å². The Morgan fingerprint density at radius 3 is 1.56 bits per heavy atom. The van der Waals surface area contributed by atoms with E-state index in [-0.39, 0.29) is 0 Å². The third kappa shape index (κ3) is 4.00. The highest BCUT2D eigenvalue weighted by Gasteiger charge is 2.05. The number of H-pyrrole nitrogens is 2. The summed E-state index contributed by atoms with van der Waals surface area (Å²) in [5.74, 6) is 0. The van der Waals surface area contributed by atoms with Gasteiger partial charge in [-0.3, -0.25) is 9.98 Å². The van der Waals surface area contributed by atoms with Crippen LogP contribution in [0.3, 0.4) is 0 Å². The molecule has 0 saturated carbocycles. The van der Waals surface area contributed by atoms with Crippen molar-refractivity contribution in [2.24, 2.45) is 9.98 Å². The second kappa shape index (κ2) is 8.67. The van der Waals surface area contributed by atoms with E-state index in [4.69, 9.17) is 0 Å². The first-order chi connectivity index (χ1) is 15.7. The van der Waals surface area contributed by atoms with Crippen molar-refractivity contribution in [2.45, 2.75) is 26.9 Å². The molecule has 32 heavy (non-hydrogen) atoms. The molecule has 0 unspecified atom stereocenters. The maximum atomic E-state index is 4.67. The van der Waals surface area contributed by atoms with Gasteiger partial charge in [-0.05, 0) is 48.2 Å². The third-order valence-corrected chi connectivity index (χ3v) is 5.99. The lowest BCUT2D eigenvalue weighted by Crippen LogP contribution is -1.90. The zero-order valence-corrected chi connectivity index (χ0v) is 18.4. The Labute approximate surface area is 187 Å². The molecule has 0 aliphatic carbocycles. The average molecular weight is 419 g/mol. The van der Waals surface area contributed by atoms with Crippen LogP contribution in [0.1, 0.15) is 33.6 Å². The molecule has 2 aromatic heterocycles. The Bertz CT molecular complexity index is 1340. The highest BCUT2D eigenvalue weighted by Crippen LogP contribution is 2.21. The van der Waals surface area contributed by atoms with Crippen molar-refractivity contribution in [3.8, 4) is 0 Å². The van der Waals surface area contributed by atoms with Gasteiger partial charge < -0.3 is 9.97 Å². The fraction of sp³-hybridized carbons (Fsp3) is 0.143. The highest BCUT2D eigenvalue weighted by molar-refractivity contribution is 5.94. The van der Waals surface area contributed by atoms with Crippen LogP contribution < -0.4 is 0 Å². The average Bonchev–Trinajstić information content (AvgIpc) is 3.31. The molecular weight excluding hydrogens is 392 g/mol. The van der Waals surface area contributed by atoms with E-state index in [0.717, 1.165) is 22.4 Å². The zero-order valence-electron chi connectivity index (χ0n) is 18.4. The van der Waals surface area contributed by atoms with Crippen molar-refractivity contribution in [3.63, 3.8) is 0 Å². The Hall–Kier alpha value is -3.92. The van der Waals surface area contributed by atoms with Crippen LogP contribution in [0.5, 0.6) is 0 Å². The quantitative estimate of drug-likeness (QED) is 0.296. The first-order valence-electron chi connectivity index (χ1n) is 10.9. The van der Waals surface area contributed by atoms with Crippen molar-refractivity contribution in [1.82, 2.24) is 9.97 Å². The number of aliphatic imine (C=N–C) groups is 2. The van der Waals surface area contributed by atoms with Gasteiger partial charge in [0, 0.05) is 34.2 Å². The summed E-state index contributed by atoms with van der Waals surface area (Å²) < 4.78 is 0. The number of hydrogen-bond acceptors (Lipinski definition) is 2. The fourth-order valence-corrected chi connectivity index (χ4v) is 4.18. The summed E-state index contributed by atoms with van der Waals surface area (Å²) in [4.78, 5) is 16.2. The molecule has 0 fully saturated rings. The minimum absolute atomic E-state index is 0.646. The fourth-order valence-electron chi connectivity index (χ4n) is 4.18. The molecular formula is C28H26N4. The maximum absolute atomic E-state index is 4.67. The van der Waals surface area contributed by atoms with Gasteiger partial charge in [0.05, 0.1) is 24.5 Å². The molecule has 0 spiro atoms. The predicted octanol–water partition coefficient (Wildman–Crippen LogP) is 6.50. The molecule has 5 rings (SSSR count). The van der Waals surface area contributed by atoms with Gasteiger partial charge in [0.2, 0.25) is 0 Å². The number of rotatable bonds is 6. The summed E-state index contributed by atoms with van der Waals surface area (Å²) >= 11 is 0. The number of para-hydroxylation sites is 2. The van der Waals surface area contributed by atoms with E-state index >= 15 is 0 Å². The summed E-state index contributed by atoms with van der Waals surface area (Å²) in [5, 5.41) is 2.50. The van der Waals surface area contributed by atoms with E-state index in [1.165, 1.54) is 33.0 Å². The third-order valence-electron chi connectivity index (χ3n) is 5.99. The number of nitrogens with zero attached hydrogens (tertiary/aromatic N) is 2. The molecule has 0 saturated heterocycles. The van der Waals surface area contributed by atoms with E-state index in [1.807, 2.05) is 24.6 Å². The van der Waals surface area contributed by atoms with Crippen LogP contribution in [-0.2, 0) is 13.1 Å². The summed E-state index contributed by atoms with van der Waals surface area (Å²) in [6.07, 6.45) is 3.89. The van der Waals surface area contributed by atoms with Crippen LogP contribution in [0.15, 0.2) is 82.8 Å². The zero-order chi connectivity index (χ0) is 21.9. The standard InChI is InChI=1S/C28H26N4/c1-19-23-10-3-5-12-25(23)31-27(19)17-29-15-21-8-7-9-22(14-21)16-30-18-28-20(2)24-11-4-6-13-26(24)32-28/h3-14,17-18,31-32H,15-16H2,1-2H3. The number of benzene rings is 3. The van der Waals surface area contributed by atoms with Gasteiger partial charge in [-0.25, -0.2) is 0 Å². The second-order valence-corrected chi connectivity index (χ2v) is 8.18. The number of hydrogen-bond donors (Lipinski definition) is 2. The van der Waals surface area contributed by atoms with E-state index in [1.54, 1.807) is 0 Å². The van der Waals surface area contributed by atoms with Crippen LogP contribution in [-0.4, -0.2) is 22.4 Å². The molecule has 0 radical (unpaired) electrons. The Morgan fingerprint density at radius 2 is 1.09 bits per heavy atom. The monoisotopic (exact) mass is 418 g/mol. The highest BCUT2D eigenvalue weighted by atomic mass is 14.8. The molecule has 5 aromatic rings. The minimum Gasteiger partial charge on any atom is -0.354 e. The van der Waals surface area contributed by atoms with Crippen LogP contribution in [0.4, 0.5) is 0 Å². The number of fused-ring (bicyclic) bond motifs is 2. The van der Waals surface area contributed by atoms with Crippen molar-refractivity contribution in [2.75, 3.05) is 0 Å². The molecule has 2 N–H and O–H groups in total.